The minimum Gasteiger partial charge on any atom is -0.496 e. The smallest absolute Gasteiger partial charge is 0.219 e. The van der Waals surface area contributed by atoms with E-state index < -0.39 is 0 Å². The van der Waals surface area contributed by atoms with Gasteiger partial charge in [-0.15, -0.1) is 0 Å². The van der Waals surface area contributed by atoms with Gasteiger partial charge in [0, 0.05) is 38.0 Å². The lowest BCUT2D eigenvalue weighted by Gasteiger charge is -2.40. The maximum atomic E-state index is 11.5. The second-order valence-corrected chi connectivity index (χ2v) is 7.68. The van der Waals surface area contributed by atoms with Crippen LogP contribution < -0.4 is 10.1 Å². The summed E-state index contributed by atoms with van der Waals surface area (Å²) < 4.78 is 5.71. The number of aromatic nitrogens is 4. The number of likely N-dealkylation sites (tertiary alicyclic amines) is 1. The van der Waals surface area contributed by atoms with Crippen LogP contribution in [-0.4, -0.2) is 57.5 Å². The molecule has 3 aromatic rings. The van der Waals surface area contributed by atoms with Gasteiger partial charge < -0.3 is 19.9 Å². The van der Waals surface area contributed by atoms with Gasteiger partial charge in [-0.05, 0) is 18.1 Å². The third kappa shape index (κ3) is 3.70. The molecule has 3 heterocycles. The standard InChI is InChI=1S/C19H20Cl2N6O2/c1-10(28)27-6-12(7-27)14-15(21)13(20)5-11(17(14)29-2)3-4-22-18-16-19(24-8-23-16)26-9-25-18/h5,8-9,12H,3-4,6-7H2,1-2H3,(H2,22,23,24,25,26). The minimum atomic E-state index is 0.0531. The Hall–Kier alpha value is -2.58. The molecule has 29 heavy (non-hydrogen) atoms. The first kappa shape index (κ1) is 19.7. The Morgan fingerprint density at radius 3 is 2.86 bits per heavy atom. The number of benzene rings is 1. The maximum Gasteiger partial charge on any atom is 0.219 e. The number of carbonyl (C=O) groups is 1. The summed E-state index contributed by atoms with van der Waals surface area (Å²) in [4.78, 5) is 28.9. The third-order valence-corrected chi connectivity index (χ3v) is 5.93. The molecule has 4 rings (SSSR count). The molecule has 0 aliphatic carbocycles. The Labute approximate surface area is 177 Å². The highest BCUT2D eigenvalue weighted by Gasteiger charge is 2.35. The Bertz CT molecular complexity index is 1060. The molecule has 2 aromatic heterocycles. The SMILES string of the molecule is COc1c(CCNc2ncnc3[nH]cnc23)cc(Cl)c(Cl)c1C1CN(C(C)=O)C1. The summed E-state index contributed by atoms with van der Waals surface area (Å²) in [7, 11) is 1.62. The number of imidazole rings is 1. The molecule has 1 saturated heterocycles. The van der Waals surface area contributed by atoms with Crippen molar-refractivity contribution in [3.63, 3.8) is 0 Å². The fourth-order valence-corrected chi connectivity index (χ4v) is 4.13. The summed E-state index contributed by atoms with van der Waals surface area (Å²) in [6, 6.07) is 1.83. The van der Waals surface area contributed by atoms with E-state index in [-0.39, 0.29) is 11.8 Å². The lowest BCUT2D eigenvalue weighted by Crippen LogP contribution is -2.47. The summed E-state index contributed by atoms with van der Waals surface area (Å²) >= 11 is 12.9. The Morgan fingerprint density at radius 2 is 2.14 bits per heavy atom. The predicted molar refractivity (Wildman–Crippen MR) is 112 cm³/mol. The maximum absolute atomic E-state index is 11.5. The number of fused-ring (bicyclic) bond motifs is 1. The van der Waals surface area contributed by atoms with E-state index in [0.717, 1.165) is 16.9 Å². The highest BCUT2D eigenvalue weighted by atomic mass is 35.5. The number of rotatable bonds is 6. The van der Waals surface area contributed by atoms with Crippen LogP contribution in [0.4, 0.5) is 5.82 Å². The fourth-order valence-electron chi connectivity index (χ4n) is 3.60. The van der Waals surface area contributed by atoms with Crippen LogP contribution >= 0.6 is 23.2 Å². The van der Waals surface area contributed by atoms with E-state index in [1.54, 1.807) is 25.3 Å². The second-order valence-electron chi connectivity index (χ2n) is 6.90. The van der Waals surface area contributed by atoms with E-state index in [2.05, 4.69) is 25.3 Å². The van der Waals surface area contributed by atoms with E-state index in [0.29, 0.717) is 53.1 Å². The average Bonchev–Trinajstić information content (AvgIpc) is 3.13. The molecule has 1 fully saturated rings. The van der Waals surface area contributed by atoms with Gasteiger partial charge >= 0.3 is 0 Å². The number of H-pyrrole nitrogens is 1. The molecule has 0 spiro atoms. The molecule has 152 valence electrons. The molecule has 10 heteroatoms. The summed E-state index contributed by atoms with van der Waals surface area (Å²) in [5, 5.41) is 4.26. The fraction of sp³-hybridized carbons (Fsp3) is 0.368. The molecule has 8 nitrogen and oxygen atoms in total. The number of carbonyl (C=O) groups excluding carboxylic acids is 1. The van der Waals surface area contributed by atoms with Gasteiger partial charge in [-0.2, -0.15) is 0 Å². The zero-order valence-electron chi connectivity index (χ0n) is 16.0. The van der Waals surface area contributed by atoms with Crippen molar-refractivity contribution in [1.29, 1.82) is 0 Å². The van der Waals surface area contributed by atoms with Crippen LogP contribution in [0.25, 0.3) is 11.2 Å². The predicted octanol–water partition coefficient (Wildman–Crippen LogP) is 3.27. The van der Waals surface area contributed by atoms with Crippen molar-refractivity contribution in [2.24, 2.45) is 0 Å². The Morgan fingerprint density at radius 1 is 1.34 bits per heavy atom. The zero-order valence-corrected chi connectivity index (χ0v) is 17.5. The number of nitrogens with one attached hydrogen (secondary N) is 2. The molecule has 0 bridgehead atoms. The van der Waals surface area contributed by atoms with Crippen molar-refractivity contribution in [1.82, 2.24) is 24.8 Å². The van der Waals surface area contributed by atoms with Gasteiger partial charge in [0.15, 0.2) is 11.5 Å². The highest BCUT2D eigenvalue weighted by Crippen LogP contribution is 2.44. The van der Waals surface area contributed by atoms with Crippen LogP contribution in [0.3, 0.4) is 0 Å². The van der Waals surface area contributed by atoms with Crippen LogP contribution in [0.2, 0.25) is 10.0 Å². The molecule has 1 aliphatic rings. The van der Waals surface area contributed by atoms with Crippen molar-refractivity contribution >= 4 is 46.1 Å². The highest BCUT2D eigenvalue weighted by molar-refractivity contribution is 6.42. The van der Waals surface area contributed by atoms with E-state index in [1.807, 2.05) is 6.07 Å². The van der Waals surface area contributed by atoms with Crippen LogP contribution in [-0.2, 0) is 11.2 Å². The monoisotopic (exact) mass is 434 g/mol. The first-order chi connectivity index (χ1) is 14.0. The van der Waals surface area contributed by atoms with Gasteiger partial charge in [-0.25, -0.2) is 15.0 Å². The summed E-state index contributed by atoms with van der Waals surface area (Å²) in [5.74, 6) is 1.54. The molecule has 1 amide bonds. The number of amides is 1. The molecule has 1 aliphatic heterocycles. The number of ether oxygens (including phenoxy) is 1. The first-order valence-corrected chi connectivity index (χ1v) is 9.93. The number of halogens is 2. The van der Waals surface area contributed by atoms with Gasteiger partial charge in [0.2, 0.25) is 5.91 Å². The molecular weight excluding hydrogens is 415 g/mol. The molecule has 0 unspecified atom stereocenters. The topological polar surface area (TPSA) is 96.0 Å². The van der Waals surface area contributed by atoms with Gasteiger partial charge in [0.1, 0.15) is 17.6 Å². The number of hydrogen-bond acceptors (Lipinski definition) is 6. The number of methoxy groups -OCH3 is 1. The van der Waals surface area contributed by atoms with Crippen molar-refractivity contribution < 1.29 is 9.53 Å². The molecular formula is C19H20Cl2N6O2. The Balaban J connectivity index is 1.54. The van der Waals surface area contributed by atoms with Crippen LogP contribution in [0.5, 0.6) is 5.75 Å². The molecule has 0 atom stereocenters. The van der Waals surface area contributed by atoms with Crippen molar-refractivity contribution in [3.05, 3.63) is 39.9 Å². The lowest BCUT2D eigenvalue weighted by molar-refractivity contribution is -0.133. The summed E-state index contributed by atoms with van der Waals surface area (Å²) in [5.41, 5.74) is 3.17. The Kier molecular flexibility index (Phi) is 5.47. The van der Waals surface area contributed by atoms with E-state index in [4.69, 9.17) is 27.9 Å². The quantitative estimate of drug-likeness (QED) is 0.617. The summed E-state index contributed by atoms with van der Waals surface area (Å²) in [6.45, 7) is 3.38. The number of hydrogen-bond donors (Lipinski definition) is 2. The molecule has 0 radical (unpaired) electrons. The lowest BCUT2D eigenvalue weighted by atomic mass is 9.88. The van der Waals surface area contributed by atoms with Crippen LogP contribution in [0.15, 0.2) is 18.7 Å². The van der Waals surface area contributed by atoms with Crippen molar-refractivity contribution in [3.8, 4) is 5.75 Å². The van der Waals surface area contributed by atoms with Crippen molar-refractivity contribution in [2.75, 3.05) is 32.1 Å². The molecule has 1 aromatic carbocycles. The van der Waals surface area contributed by atoms with E-state index >= 15 is 0 Å². The van der Waals surface area contributed by atoms with E-state index in [1.165, 1.54) is 6.33 Å². The summed E-state index contributed by atoms with van der Waals surface area (Å²) in [6.07, 6.45) is 3.71. The third-order valence-electron chi connectivity index (χ3n) is 5.13. The largest absolute Gasteiger partial charge is 0.496 e. The van der Waals surface area contributed by atoms with E-state index in [9.17, 15) is 4.79 Å². The number of nitrogens with zero attached hydrogens (tertiary/aromatic N) is 4. The number of aromatic amines is 1. The van der Waals surface area contributed by atoms with Gasteiger partial charge in [0.05, 0.1) is 23.5 Å². The minimum absolute atomic E-state index is 0.0531. The molecule has 2 N–H and O–H groups in total. The van der Waals surface area contributed by atoms with Gasteiger partial charge in [-0.1, -0.05) is 23.2 Å². The molecule has 0 saturated carbocycles. The average molecular weight is 435 g/mol. The van der Waals surface area contributed by atoms with Crippen molar-refractivity contribution in [2.45, 2.75) is 19.3 Å². The van der Waals surface area contributed by atoms with Gasteiger partial charge in [-0.3, -0.25) is 4.79 Å². The van der Waals surface area contributed by atoms with Gasteiger partial charge in [0.25, 0.3) is 0 Å². The van der Waals surface area contributed by atoms with Crippen LogP contribution in [0.1, 0.15) is 24.0 Å². The first-order valence-electron chi connectivity index (χ1n) is 9.17. The number of anilines is 1. The zero-order chi connectivity index (χ0) is 20.5. The second kappa shape index (κ2) is 8.04. The normalized spacial score (nSPS) is 14.1. The van der Waals surface area contributed by atoms with Crippen LogP contribution in [0, 0.1) is 0 Å².